The molecule has 0 aliphatic rings. The van der Waals surface area contributed by atoms with E-state index in [0.717, 1.165) is 12.3 Å². The molecule has 0 radical (unpaired) electrons. The van der Waals surface area contributed by atoms with Gasteiger partial charge >= 0.3 is 6.03 Å². The van der Waals surface area contributed by atoms with Crippen molar-refractivity contribution in [2.24, 2.45) is 5.73 Å². The quantitative estimate of drug-likeness (QED) is 0.370. The van der Waals surface area contributed by atoms with Gasteiger partial charge in [0.1, 0.15) is 6.29 Å². The van der Waals surface area contributed by atoms with E-state index >= 15 is 0 Å². The van der Waals surface area contributed by atoms with Crippen LogP contribution in [0.5, 0.6) is 0 Å². The molecule has 0 saturated heterocycles. The maximum absolute atomic E-state index is 9.82. The standard InChI is InChI=1S/C4H6N2O2/c5-4(8)6-2-1-3-7/h1-3H,(H3,5,6,8)/b2-1-. The number of amides is 2. The Labute approximate surface area is 46.4 Å². The summed E-state index contributed by atoms with van der Waals surface area (Å²) in [7, 11) is 0. The van der Waals surface area contributed by atoms with Crippen molar-refractivity contribution < 1.29 is 9.59 Å². The lowest BCUT2D eigenvalue weighted by Crippen LogP contribution is -2.23. The van der Waals surface area contributed by atoms with E-state index < -0.39 is 6.03 Å². The molecule has 0 fully saturated rings. The number of nitrogens with two attached hydrogens (primary N) is 1. The van der Waals surface area contributed by atoms with Crippen LogP contribution in [0.2, 0.25) is 0 Å². The zero-order chi connectivity index (χ0) is 6.41. The summed E-state index contributed by atoms with van der Waals surface area (Å²) in [5.74, 6) is 0. The fraction of sp³-hybridized carbons (Fsp3) is 0. The normalized spacial score (nSPS) is 9.00. The molecule has 0 saturated carbocycles. The highest BCUT2D eigenvalue weighted by Crippen LogP contribution is 1.58. The van der Waals surface area contributed by atoms with Crippen LogP contribution < -0.4 is 11.1 Å². The van der Waals surface area contributed by atoms with Gasteiger partial charge in [0, 0.05) is 6.20 Å². The van der Waals surface area contributed by atoms with Gasteiger partial charge in [-0.25, -0.2) is 4.79 Å². The van der Waals surface area contributed by atoms with Crippen molar-refractivity contribution in [3.63, 3.8) is 0 Å². The summed E-state index contributed by atoms with van der Waals surface area (Å²) in [6.07, 6.45) is 2.83. The molecule has 0 atom stereocenters. The smallest absolute Gasteiger partial charge is 0.316 e. The van der Waals surface area contributed by atoms with E-state index in [2.05, 4.69) is 11.1 Å². The number of allylic oxidation sites excluding steroid dienone is 1. The number of hydrogen-bond acceptors (Lipinski definition) is 2. The first kappa shape index (κ1) is 6.68. The Bertz CT molecular complexity index is 119. The molecule has 2 amide bonds. The fourth-order valence-electron chi connectivity index (χ4n) is 0.170. The molecule has 8 heavy (non-hydrogen) atoms. The molecular weight excluding hydrogens is 108 g/mol. The molecule has 0 unspecified atom stereocenters. The molecule has 0 aromatic heterocycles. The van der Waals surface area contributed by atoms with E-state index in [1.807, 2.05) is 0 Å². The van der Waals surface area contributed by atoms with Gasteiger partial charge in [-0.15, -0.1) is 0 Å². The largest absolute Gasteiger partial charge is 0.351 e. The van der Waals surface area contributed by atoms with E-state index in [9.17, 15) is 9.59 Å². The van der Waals surface area contributed by atoms with Gasteiger partial charge in [0.05, 0.1) is 0 Å². The zero-order valence-corrected chi connectivity index (χ0v) is 4.13. The second-order valence-corrected chi connectivity index (χ2v) is 1.00. The Balaban J connectivity index is 3.29. The number of carbonyl (C=O) groups excluding carboxylic acids is 2. The minimum absolute atomic E-state index is 0.538. The predicted octanol–water partition coefficient (Wildman–Crippen LogP) is -0.633. The molecule has 0 heterocycles. The molecular formula is C4H6N2O2. The van der Waals surface area contributed by atoms with Crippen molar-refractivity contribution in [3.05, 3.63) is 12.3 Å². The monoisotopic (exact) mass is 114 g/mol. The van der Waals surface area contributed by atoms with Crippen molar-refractivity contribution in [2.45, 2.75) is 0 Å². The second kappa shape index (κ2) is 3.86. The molecule has 3 N–H and O–H groups in total. The Morgan fingerprint density at radius 1 is 1.62 bits per heavy atom. The maximum atomic E-state index is 9.82. The van der Waals surface area contributed by atoms with Crippen molar-refractivity contribution in [1.29, 1.82) is 0 Å². The van der Waals surface area contributed by atoms with Crippen molar-refractivity contribution >= 4 is 12.3 Å². The van der Waals surface area contributed by atoms with Gasteiger partial charge in [-0.2, -0.15) is 0 Å². The summed E-state index contributed by atoms with van der Waals surface area (Å²) in [5, 5.41) is 2.07. The van der Waals surface area contributed by atoms with Gasteiger partial charge in [-0.05, 0) is 6.08 Å². The molecule has 4 heteroatoms. The van der Waals surface area contributed by atoms with Gasteiger partial charge in [0.25, 0.3) is 0 Å². The van der Waals surface area contributed by atoms with Crippen LogP contribution in [0.3, 0.4) is 0 Å². The number of carbonyl (C=O) groups is 2. The van der Waals surface area contributed by atoms with Gasteiger partial charge in [-0.1, -0.05) is 0 Å². The highest BCUT2D eigenvalue weighted by atomic mass is 16.2. The number of urea groups is 1. The summed E-state index contributed by atoms with van der Waals surface area (Å²) < 4.78 is 0. The molecule has 0 aliphatic heterocycles. The van der Waals surface area contributed by atoms with Gasteiger partial charge in [0.15, 0.2) is 0 Å². The van der Waals surface area contributed by atoms with E-state index in [1.54, 1.807) is 0 Å². The van der Waals surface area contributed by atoms with Crippen LogP contribution >= 0.6 is 0 Å². The van der Waals surface area contributed by atoms with Crippen molar-refractivity contribution in [2.75, 3.05) is 0 Å². The minimum atomic E-state index is -0.678. The Kier molecular flexibility index (Phi) is 3.22. The zero-order valence-electron chi connectivity index (χ0n) is 4.13. The van der Waals surface area contributed by atoms with Crippen LogP contribution in [-0.4, -0.2) is 12.3 Å². The highest BCUT2D eigenvalue weighted by molar-refractivity contribution is 5.74. The molecule has 0 bridgehead atoms. The molecule has 0 rings (SSSR count). The van der Waals surface area contributed by atoms with Crippen LogP contribution in [-0.2, 0) is 4.79 Å². The first-order valence-corrected chi connectivity index (χ1v) is 1.93. The van der Waals surface area contributed by atoms with Crippen LogP contribution in [0.15, 0.2) is 12.3 Å². The number of primary amides is 1. The average Bonchev–Trinajstić information content (AvgIpc) is 1.66. The molecule has 4 nitrogen and oxygen atoms in total. The molecule has 0 spiro atoms. The van der Waals surface area contributed by atoms with E-state index in [4.69, 9.17) is 0 Å². The Hall–Kier alpha value is -1.32. The Morgan fingerprint density at radius 3 is 2.62 bits per heavy atom. The average molecular weight is 114 g/mol. The maximum Gasteiger partial charge on any atom is 0.316 e. The minimum Gasteiger partial charge on any atom is -0.351 e. The topological polar surface area (TPSA) is 72.2 Å². The lowest BCUT2D eigenvalue weighted by Gasteiger charge is -1.85. The summed E-state index contributed by atoms with van der Waals surface area (Å²) in [4.78, 5) is 19.3. The third-order valence-electron chi connectivity index (χ3n) is 0.400. The van der Waals surface area contributed by atoms with Gasteiger partial charge in [-0.3, -0.25) is 4.79 Å². The van der Waals surface area contributed by atoms with E-state index in [1.165, 1.54) is 0 Å². The second-order valence-electron chi connectivity index (χ2n) is 1.00. The number of hydrogen-bond donors (Lipinski definition) is 2. The molecule has 0 aromatic carbocycles. The predicted molar refractivity (Wildman–Crippen MR) is 27.9 cm³/mol. The van der Waals surface area contributed by atoms with Crippen LogP contribution in [0.1, 0.15) is 0 Å². The summed E-state index contributed by atoms with van der Waals surface area (Å²) in [6, 6.07) is -0.678. The highest BCUT2D eigenvalue weighted by Gasteiger charge is 1.79. The first-order valence-electron chi connectivity index (χ1n) is 1.93. The van der Waals surface area contributed by atoms with Gasteiger partial charge in [0.2, 0.25) is 0 Å². The third-order valence-corrected chi connectivity index (χ3v) is 0.400. The van der Waals surface area contributed by atoms with Crippen molar-refractivity contribution in [3.8, 4) is 0 Å². The van der Waals surface area contributed by atoms with Crippen molar-refractivity contribution in [1.82, 2.24) is 5.32 Å². The SMILES string of the molecule is NC(=O)N/C=C\C=O. The lowest BCUT2D eigenvalue weighted by atomic mass is 10.7. The molecule has 0 aromatic rings. The summed E-state index contributed by atoms with van der Waals surface area (Å²) >= 11 is 0. The molecule has 44 valence electrons. The number of rotatable bonds is 2. The first-order chi connectivity index (χ1) is 3.77. The van der Waals surface area contributed by atoms with Crippen LogP contribution in [0.4, 0.5) is 4.79 Å². The van der Waals surface area contributed by atoms with Gasteiger partial charge < -0.3 is 11.1 Å². The lowest BCUT2D eigenvalue weighted by molar-refractivity contribution is -0.104. The number of nitrogens with one attached hydrogen (secondary N) is 1. The van der Waals surface area contributed by atoms with E-state index in [-0.39, 0.29) is 0 Å². The number of aldehydes is 1. The van der Waals surface area contributed by atoms with Crippen LogP contribution in [0.25, 0.3) is 0 Å². The molecule has 0 aliphatic carbocycles. The fourth-order valence-corrected chi connectivity index (χ4v) is 0.170. The third kappa shape index (κ3) is 4.68. The summed E-state index contributed by atoms with van der Waals surface area (Å²) in [6.45, 7) is 0. The van der Waals surface area contributed by atoms with E-state index in [0.29, 0.717) is 6.29 Å². The van der Waals surface area contributed by atoms with Crippen LogP contribution in [0, 0.1) is 0 Å². The Morgan fingerprint density at radius 2 is 2.25 bits per heavy atom. The summed E-state index contributed by atoms with van der Waals surface area (Å²) in [5.41, 5.74) is 4.62.